The van der Waals surface area contributed by atoms with Crippen LogP contribution in [0.25, 0.3) is 0 Å². The molecule has 0 radical (unpaired) electrons. The Balaban J connectivity index is 0. The van der Waals surface area contributed by atoms with Crippen LogP contribution in [0.2, 0.25) is 0 Å². The quantitative estimate of drug-likeness (QED) is 0.524. The monoisotopic (exact) mass is 219 g/mol. The molecule has 15 heavy (non-hydrogen) atoms. The highest BCUT2D eigenvalue weighted by molar-refractivity contribution is 5.75. The van der Waals surface area contributed by atoms with E-state index in [2.05, 4.69) is 4.74 Å². The minimum absolute atomic E-state index is 0.183. The number of carbonyl (C=O) groups excluding carboxylic acids is 1. The van der Waals surface area contributed by atoms with E-state index in [1.807, 2.05) is 34.7 Å². The molecular weight excluding hydrogens is 194 g/mol. The van der Waals surface area contributed by atoms with Gasteiger partial charge < -0.3 is 9.57 Å². The average Bonchev–Trinajstić information content (AvgIpc) is 2.27. The summed E-state index contributed by atoms with van der Waals surface area (Å²) in [6.45, 7) is 8.43. The van der Waals surface area contributed by atoms with Gasteiger partial charge in [-0.2, -0.15) is 5.06 Å². The third kappa shape index (κ3) is 7.33. The molecule has 0 bridgehead atoms. The number of methoxy groups -OCH3 is 1. The highest BCUT2D eigenvalue weighted by Gasteiger charge is 2.28. The number of hydroxylamine groups is 2. The molecule has 0 fully saturated rings. The Bertz CT molecular complexity index is 169. The van der Waals surface area contributed by atoms with Crippen molar-refractivity contribution in [3.05, 3.63) is 0 Å². The SMILES string of the molecule is CC.COC(=O)C(C)(C)CCN(C)OC. The third-order valence-corrected chi connectivity index (χ3v) is 2.10. The van der Waals surface area contributed by atoms with Crippen LogP contribution in [0, 0.1) is 5.41 Å². The van der Waals surface area contributed by atoms with E-state index in [4.69, 9.17) is 4.84 Å². The van der Waals surface area contributed by atoms with E-state index < -0.39 is 5.41 Å². The Morgan fingerprint density at radius 2 is 1.73 bits per heavy atom. The number of esters is 1. The number of hydrogen-bond acceptors (Lipinski definition) is 4. The molecule has 0 heterocycles. The topological polar surface area (TPSA) is 38.8 Å². The maximum Gasteiger partial charge on any atom is 0.311 e. The highest BCUT2D eigenvalue weighted by atomic mass is 16.7. The lowest BCUT2D eigenvalue weighted by molar-refractivity contribution is -0.154. The van der Waals surface area contributed by atoms with E-state index >= 15 is 0 Å². The van der Waals surface area contributed by atoms with Crippen molar-refractivity contribution in [1.82, 2.24) is 5.06 Å². The van der Waals surface area contributed by atoms with Crippen molar-refractivity contribution in [3.63, 3.8) is 0 Å². The standard InChI is InChI=1S/C9H19NO3.C2H6/c1-9(2,8(11)12-4)6-7-10(3)13-5;1-2/h6-7H2,1-5H3;1-2H3. The van der Waals surface area contributed by atoms with E-state index in [0.717, 1.165) is 0 Å². The Kier molecular flexibility index (Phi) is 9.72. The van der Waals surface area contributed by atoms with Gasteiger partial charge in [-0.05, 0) is 20.3 Å². The number of rotatable bonds is 5. The zero-order chi connectivity index (χ0) is 12.5. The van der Waals surface area contributed by atoms with Gasteiger partial charge in [0.05, 0.1) is 19.6 Å². The molecule has 0 aliphatic heterocycles. The maximum absolute atomic E-state index is 11.3. The predicted octanol–water partition coefficient (Wildman–Crippen LogP) is 2.10. The first-order valence-electron chi connectivity index (χ1n) is 5.27. The summed E-state index contributed by atoms with van der Waals surface area (Å²) in [5.41, 5.74) is -0.443. The van der Waals surface area contributed by atoms with Crippen LogP contribution in [0.15, 0.2) is 0 Å². The highest BCUT2D eigenvalue weighted by Crippen LogP contribution is 2.21. The lowest BCUT2D eigenvalue weighted by Gasteiger charge is -2.23. The smallest absolute Gasteiger partial charge is 0.311 e. The van der Waals surface area contributed by atoms with Crippen LogP contribution < -0.4 is 0 Å². The third-order valence-electron chi connectivity index (χ3n) is 2.10. The van der Waals surface area contributed by atoms with Crippen LogP contribution in [0.5, 0.6) is 0 Å². The molecule has 0 atom stereocenters. The zero-order valence-electron chi connectivity index (χ0n) is 11.1. The molecule has 0 aromatic heterocycles. The summed E-state index contributed by atoms with van der Waals surface area (Å²) >= 11 is 0. The van der Waals surface area contributed by atoms with Crippen molar-refractivity contribution in [1.29, 1.82) is 0 Å². The summed E-state index contributed by atoms with van der Waals surface area (Å²) < 4.78 is 4.68. The van der Waals surface area contributed by atoms with Crippen LogP contribution in [0.1, 0.15) is 34.1 Å². The summed E-state index contributed by atoms with van der Waals surface area (Å²) in [4.78, 5) is 16.2. The Morgan fingerprint density at radius 3 is 2.07 bits per heavy atom. The van der Waals surface area contributed by atoms with Crippen molar-refractivity contribution in [2.24, 2.45) is 5.41 Å². The molecule has 0 aliphatic rings. The molecule has 0 rings (SSSR count). The second kappa shape index (κ2) is 8.68. The van der Waals surface area contributed by atoms with Gasteiger partial charge in [0.2, 0.25) is 0 Å². The van der Waals surface area contributed by atoms with Crippen molar-refractivity contribution in [2.75, 3.05) is 27.8 Å². The van der Waals surface area contributed by atoms with Gasteiger partial charge in [0.15, 0.2) is 0 Å². The van der Waals surface area contributed by atoms with Crippen molar-refractivity contribution >= 4 is 5.97 Å². The maximum atomic E-state index is 11.3. The van der Waals surface area contributed by atoms with E-state index in [1.165, 1.54) is 7.11 Å². The largest absolute Gasteiger partial charge is 0.469 e. The van der Waals surface area contributed by atoms with Gasteiger partial charge in [0, 0.05) is 13.6 Å². The van der Waals surface area contributed by atoms with Crippen molar-refractivity contribution in [2.45, 2.75) is 34.1 Å². The van der Waals surface area contributed by atoms with E-state index in [-0.39, 0.29) is 5.97 Å². The molecular formula is C11H25NO3. The average molecular weight is 219 g/mol. The summed E-state index contributed by atoms with van der Waals surface area (Å²) in [6, 6.07) is 0. The lowest BCUT2D eigenvalue weighted by Crippen LogP contribution is -2.30. The molecule has 0 spiro atoms. The molecule has 0 saturated carbocycles. The normalized spacial score (nSPS) is 10.7. The van der Waals surface area contributed by atoms with Gasteiger partial charge >= 0.3 is 5.97 Å². The molecule has 0 amide bonds. The van der Waals surface area contributed by atoms with Gasteiger partial charge in [-0.25, -0.2) is 0 Å². The Morgan fingerprint density at radius 1 is 1.27 bits per heavy atom. The van der Waals surface area contributed by atoms with Crippen LogP contribution in [-0.2, 0) is 14.4 Å². The van der Waals surface area contributed by atoms with Gasteiger partial charge in [0.1, 0.15) is 0 Å². The van der Waals surface area contributed by atoms with E-state index in [9.17, 15) is 4.79 Å². The second-order valence-corrected chi connectivity index (χ2v) is 3.66. The fourth-order valence-corrected chi connectivity index (χ4v) is 0.907. The molecule has 0 saturated heterocycles. The Hall–Kier alpha value is -0.610. The van der Waals surface area contributed by atoms with E-state index in [1.54, 1.807) is 12.2 Å². The number of ether oxygens (including phenoxy) is 1. The first-order valence-corrected chi connectivity index (χ1v) is 5.27. The summed E-state index contributed by atoms with van der Waals surface area (Å²) in [5, 5.41) is 1.69. The van der Waals surface area contributed by atoms with Crippen molar-refractivity contribution < 1.29 is 14.4 Å². The summed E-state index contributed by atoms with van der Waals surface area (Å²) in [5.74, 6) is -0.183. The van der Waals surface area contributed by atoms with E-state index in [0.29, 0.717) is 13.0 Å². The first-order chi connectivity index (χ1) is 6.94. The summed E-state index contributed by atoms with van der Waals surface area (Å²) in [6.07, 6.45) is 0.712. The number of carbonyl (C=O) groups is 1. The molecule has 0 aromatic rings. The van der Waals surface area contributed by atoms with Crippen LogP contribution >= 0.6 is 0 Å². The molecule has 0 aliphatic carbocycles. The van der Waals surface area contributed by atoms with Gasteiger partial charge in [-0.15, -0.1) is 0 Å². The molecule has 0 unspecified atom stereocenters. The fraction of sp³-hybridized carbons (Fsp3) is 0.909. The number of nitrogens with zero attached hydrogens (tertiary/aromatic N) is 1. The molecule has 92 valence electrons. The minimum Gasteiger partial charge on any atom is -0.469 e. The molecule has 4 heteroatoms. The van der Waals surface area contributed by atoms with Gasteiger partial charge in [0.25, 0.3) is 0 Å². The second-order valence-electron chi connectivity index (χ2n) is 3.66. The van der Waals surface area contributed by atoms with Gasteiger partial charge in [-0.3, -0.25) is 4.79 Å². The van der Waals surface area contributed by atoms with Crippen LogP contribution in [-0.4, -0.2) is 38.8 Å². The predicted molar refractivity (Wildman–Crippen MR) is 61.4 cm³/mol. The van der Waals surface area contributed by atoms with Crippen LogP contribution in [0.3, 0.4) is 0 Å². The molecule has 0 aromatic carbocycles. The fourth-order valence-electron chi connectivity index (χ4n) is 0.907. The minimum atomic E-state index is -0.443. The van der Waals surface area contributed by atoms with Crippen LogP contribution in [0.4, 0.5) is 0 Å². The zero-order valence-corrected chi connectivity index (χ0v) is 11.1. The lowest BCUT2D eigenvalue weighted by atomic mass is 9.89. The van der Waals surface area contributed by atoms with Crippen molar-refractivity contribution in [3.8, 4) is 0 Å². The Labute approximate surface area is 93.5 Å². The number of hydrogen-bond donors (Lipinski definition) is 0. The summed E-state index contributed by atoms with van der Waals surface area (Å²) in [7, 11) is 4.84. The van der Waals surface area contributed by atoms with Gasteiger partial charge in [-0.1, -0.05) is 13.8 Å². The molecule has 4 nitrogen and oxygen atoms in total. The first kappa shape index (κ1) is 16.8. The molecule has 0 N–H and O–H groups in total.